The molecule has 0 N–H and O–H groups in total. The Hall–Kier alpha value is -2.04. The van der Waals surface area contributed by atoms with E-state index in [2.05, 4.69) is 32.9 Å². The maximum absolute atomic E-state index is 12.7. The molecule has 0 atom stereocenters. The van der Waals surface area contributed by atoms with Crippen LogP contribution in [0.4, 0.5) is 10.5 Å². The topological polar surface area (TPSA) is 49.9 Å². The molecule has 5 heteroatoms. The highest BCUT2D eigenvalue weighted by Gasteiger charge is 2.37. The van der Waals surface area contributed by atoms with E-state index in [9.17, 15) is 9.59 Å². The van der Waals surface area contributed by atoms with Crippen LogP contribution in [0.2, 0.25) is 0 Å². The number of hydrogen-bond acceptors (Lipinski definition) is 3. The van der Waals surface area contributed by atoms with Gasteiger partial charge >= 0.3 is 6.09 Å². The highest BCUT2D eigenvalue weighted by Crippen LogP contribution is 2.42. The highest BCUT2D eigenvalue weighted by molar-refractivity contribution is 5.98. The van der Waals surface area contributed by atoms with Gasteiger partial charge in [0.2, 0.25) is 5.91 Å². The Morgan fingerprint density at radius 1 is 1.14 bits per heavy atom. The Balaban J connectivity index is 1.90. The lowest BCUT2D eigenvalue weighted by atomic mass is 9.75. The molecule has 2 amide bonds. The summed E-state index contributed by atoms with van der Waals surface area (Å²) in [7, 11) is 0. The number of carbonyl (C=O) groups is 2. The summed E-state index contributed by atoms with van der Waals surface area (Å²) in [4.78, 5) is 29.0. The van der Waals surface area contributed by atoms with Gasteiger partial charge in [-0.05, 0) is 62.8 Å². The van der Waals surface area contributed by atoms with Crippen LogP contribution in [0.25, 0.3) is 0 Å². The summed E-state index contributed by atoms with van der Waals surface area (Å²) in [5.41, 5.74) is 4.21. The predicted octanol–water partition coefficient (Wildman–Crippen LogP) is 4.45. The van der Waals surface area contributed by atoms with Crippen molar-refractivity contribution in [1.82, 2.24) is 4.90 Å². The minimum absolute atomic E-state index is 0.164. The second-order valence-electron chi connectivity index (χ2n) is 9.71. The summed E-state index contributed by atoms with van der Waals surface area (Å²) in [6, 6.07) is 4.50. The number of ether oxygens (including phenoxy) is 1. The molecule has 3 rings (SSSR count). The zero-order chi connectivity index (χ0) is 20.7. The molecule has 1 aromatic carbocycles. The Morgan fingerprint density at radius 2 is 1.75 bits per heavy atom. The standard InChI is InChI=1S/C23H34N2O3/c1-7-10-25-19-14-17-9-12-24(21(27)28-22(2,3)4)11-8-16(17)13-18(19)23(5,6)15-20(25)26/h13-14H,7-12,15H2,1-6H3. The second kappa shape index (κ2) is 7.41. The number of benzene rings is 1. The number of nitrogens with zero attached hydrogens (tertiary/aromatic N) is 2. The van der Waals surface area contributed by atoms with Crippen molar-refractivity contribution in [2.24, 2.45) is 0 Å². The number of rotatable bonds is 2. The molecule has 0 radical (unpaired) electrons. The second-order valence-corrected chi connectivity index (χ2v) is 9.71. The first-order valence-corrected chi connectivity index (χ1v) is 10.5. The van der Waals surface area contributed by atoms with Gasteiger partial charge in [-0.3, -0.25) is 4.79 Å². The first-order chi connectivity index (χ1) is 13.0. The summed E-state index contributed by atoms with van der Waals surface area (Å²) < 4.78 is 5.56. The quantitative estimate of drug-likeness (QED) is 0.755. The fourth-order valence-corrected chi connectivity index (χ4v) is 4.21. The summed E-state index contributed by atoms with van der Waals surface area (Å²) in [5, 5.41) is 0. The minimum atomic E-state index is -0.486. The Labute approximate surface area is 169 Å². The molecule has 2 aliphatic rings. The van der Waals surface area contributed by atoms with E-state index in [0.29, 0.717) is 19.5 Å². The van der Waals surface area contributed by atoms with E-state index < -0.39 is 5.60 Å². The lowest BCUT2D eigenvalue weighted by molar-refractivity contribution is -0.120. The van der Waals surface area contributed by atoms with Gasteiger partial charge in [0.05, 0.1) is 0 Å². The van der Waals surface area contributed by atoms with Crippen molar-refractivity contribution in [3.05, 3.63) is 28.8 Å². The van der Waals surface area contributed by atoms with Crippen LogP contribution in [0.3, 0.4) is 0 Å². The maximum Gasteiger partial charge on any atom is 0.410 e. The van der Waals surface area contributed by atoms with Gasteiger partial charge in [-0.25, -0.2) is 4.79 Å². The maximum atomic E-state index is 12.7. The van der Waals surface area contributed by atoms with Crippen LogP contribution in [-0.4, -0.2) is 42.1 Å². The van der Waals surface area contributed by atoms with Crippen LogP contribution in [0, 0.1) is 0 Å². The number of carbonyl (C=O) groups excluding carboxylic acids is 2. The van der Waals surface area contributed by atoms with Gasteiger partial charge in [-0.2, -0.15) is 0 Å². The summed E-state index contributed by atoms with van der Waals surface area (Å²) in [6.45, 7) is 14.2. The summed E-state index contributed by atoms with van der Waals surface area (Å²) in [6.07, 6.45) is 2.85. The summed E-state index contributed by atoms with van der Waals surface area (Å²) in [5.74, 6) is 0.211. The Bertz CT molecular complexity index is 777. The molecule has 28 heavy (non-hydrogen) atoms. The highest BCUT2D eigenvalue weighted by atomic mass is 16.6. The van der Waals surface area contributed by atoms with Gasteiger partial charge in [0.25, 0.3) is 0 Å². The molecule has 0 aliphatic carbocycles. The molecular weight excluding hydrogens is 352 g/mol. The largest absolute Gasteiger partial charge is 0.444 e. The molecule has 2 heterocycles. The Morgan fingerprint density at radius 3 is 2.32 bits per heavy atom. The van der Waals surface area contributed by atoms with Crippen molar-refractivity contribution in [2.45, 2.75) is 78.2 Å². The van der Waals surface area contributed by atoms with Crippen LogP contribution in [0.15, 0.2) is 12.1 Å². The number of anilines is 1. The fourth-order valence-electron chi connectivity index (χ4n) is 4.21. The molecule has 1 aromatic rings. The monoisotopic (exact) mass is 386 g/mol. The zero-order valence-corrected chi connectivity index (χ0v) is 18.2. The lowest BCUT2D eigenvalue weighted by Crippen LogP contribution is -2.42. The first-order valence-electron chi connectivity index (χ1n) is 10.5. The molecule has 0 bridgehead atoms. The van der Waals surface area contributed by atoms with E-state index in [-0.39, 0.29) is 17.4 Å². The number of hydrogen-bond donors (Lipinski definition) is 0. The third kappa shape index (κ3) is 4.18. The van der Waals surface area contributed by atoms with Crippen molar-refractivity contribution in [2.75, 3.05) is 24.5 Å². The fraction of sp³-hybridized carbons (Fsp3) is 0.652. The molecule has 154 valence electrons. The van der Waals surface area contributed by atoms with Crippen molar-refractivity contribution in [3.8, 4) is 0 Å². The van der Waals surface area contributed by atoms with E-state index in [0.717, 1.165) is 31.5 Å². The predicted molar refractivity (Wildman–Crippen MR) is 112 cm³/mol. The van der Waals surface area contributed by atoms with E-state index in [1.54, 1.807) is 0 Å². The zero-order valence-electron chi connectivity index (χ0n) is 18.2. The third-order valence-corrected chi connectivity index (χ3v) is 5.63. The van der Waals surface area contributed by atoms with Crippen LogP contribution < -0.4 is 4.90 Å². The van der Waals surface area contributed by atoms with Gasteiger partial charge in [0, 0.05) is 37.2 Å². The van der Waals surface area contributed by atoms with Crippen molar-refractivity contribution in [1.29, 1.82) is 0 Å². The smallest absolute Gasteiger partial charge is 0.410 e. The normalized spacial score (nSPS) is 19.0. The molecular formula is C23H34N2O3. The first kappa shape index (κ1) is 20.7. The van der Waals surface area contributed by atoms with E-state index in [1.165, 1.54) is 16.7 Å². The number of amides is 2. The van der Waals surface area contributed by atoms with Crippen LogP contribution in [0.1, 0.15) is 71.1 Å². The molecule has 0 fully saturated rings. The van der Waals surface area contributed by atoms with E-state index in [1.807, 2.05) is 30.6 Å². The van der Waals surface area contributed by atoms with Crippen LogP contribution in [-0.2, 0) is 27.8 Å². The average molecular weight is 387 g/mol. The molecule has 2 aliphatic heterocycles. The van der Waals surface area contributed by atoms with E-state index in [4.69, 9.17) is 4.74 Å². The SMILES string of the molecule is CCCN1C(=O)CC(C)(C)c2cc3c(cc21)CCN(C(=O)OC(C)(C)C)CC3. The van der Waals surface area contributed by atoms with Crippen LogP contribution >= 0.6 is 0 Å². The minimum Gasteiger partial charge on any atom is -0.444 e. The van der Waals surface area contributed by atoms with Crippen molar-refractivity contribution in [3.63, 3.8) is 0 Å². The molecule has 0 spiro atoms. The van der Waals surface area contributed by atoms with E-state index >= 15 is 0 Å². The molecule has 0 aromatic heterocycles. The molecule has 5 nitrogen and oxygen atoms in total. The molecule has 0 saturated heterocycles. The van der Waals surface area contributed by atoms with Gasteiger partial charge in [-0.1, -0.05) is 26.8 Å². The number of fused-ring (bicyclic) bond motifs is 2. The summed E-state index contributed by atoms with van der Waals surface area (Å²) >= 11 is 0. The van der Waals surface area contributed by atoms with Crippen LogP contribution in [0.5, 0.6) is 0 Å². The third-order valence-electron chi connectivity index (χ3n) is 5.63. The molecule has 0 saturated carbocycles. The van der Waals surface area contributed by atoms with Crippen molar-refractivity contribution >= 4 is 17.7 Å². The van der Waals surface area contributed by atoms with Gasteiger partial charge < -0.3 is 14.5 Å². The van der Waals surface area contributed by atoms with Gasteiger partial charge in [0.15, 0.2) is 0 Å². The van der Waals surface area contributed by atoms with Gasteiger partial charge in [-0.15, -0.1) is 0 Å². The van der Waals surface area contributed by atoms with Crippen molar-refractivity contribution < 1.29 is 14.3 Å². The lowest BCUT2D eigenvalue weighted by Gasteiger charge is -2.39. The molecule has 0 unspecified atom stereocenters. The average Bonchev–Trinajstić information content (AvgIpc) is 2.77. The van der Waals surface area contributed by atoms with Gasteiger partial charge in [0.1, 0.15) is 5.60 Å². The Kier molecular flexibility index (Phi) is 5.48.